The molecule has 1 aliphatic carbocycles. The molecule has 1 aromatic rings. The summed E-state index contributed by atoms with van der Waals surface area (Å²) in [6.07, 6.45) is 5.05. The number of anilines is 1. The molecule has 1 unspecified atom stereocenters. The third kappa shape index (κ3) is 1.76. The molecule has 1 aromatic heterocycles. The second-order valence-electron chi connectivity index (χ2n) is 5.68. The summed E-state index contributed by atoms with van der Waals surface area (Å²) in [6, 6.07) is 0. The van der Waals surface area contributed by atoms with E-state index in [4.69, 9.17) is 9.72 Å². The van der Waals surface area contributed by atoms with Gasteiger partial charge < -0.3 is 9.64 Å². The van der Waals surface area contributed by atoms with E-state index in [0.717, 1.165) is 37.3 Å². The van der Waals surface area contributed by atoms with Crippen LogP contribution < -0.4 is 4.90 Å². The fourth-order valence-corrected chi connectivity index (χ4v) is 3.70. The summed E-state index contributed by atoms with van der Waals surface area (Å²) in [5.41, 5.74) is 0.422. The van der Waals surface area contributed by atoms with E-state index in [-0.39, 0.29) is 0 Å². The molecule has 0 aromatic carbocycles. The van der Waals surface area contributed by atoms with Gasteiger partial charge in [-0.3, -0.25) is 0 Å². The fourth-order valence-electron chi connectivity index (χ4n) is 2.93. The van der Waals surface area contributed by atoms with Crippen LogP contribution in [0.15, 0.2) is 0 Å². The molecule has 17 heavy (non-hydrogen) atoms. The predicted molar refractivity (Wildman–Crippen MR) is 66.6 cm³/mol. The highest BCUT2D eigenvalue weighted by Crippen LogP contribution is 2.43. The lowest BCUT2D eigenvalue weighted by Gasteiger charge is -2.21. The maximum absolute atomic E-state index is 5.56. The smallest absolute Gasteiger partial charge is 0.205 e. The molecule has 3 heterocycles. The molecular formula is C12H17N3OS. The van der Waals surface area contributed by atoms with E-state index in [1.54, 1.807) is 11.5 Å². The normalized spacial score (nSPS) is 32.8. The molecule has 0 bridgehead atoms. The van der Waals surface area contributed by atoms with Gasteiger partial charge >= 0.3 is 0 Å². The third-order valence-electron chi connectivity index (χ3n) is 4.27. The molecule has 4 nitrogen and oxygen atoms in total. The van der Waals surface area contributed by atoms with Gasteiger partial charge in [0.15, 0.2) is 0 Å². The van der Waals surface area contributed by atoms with Crippen molar-refractivity contribution in [3.05, 3.63) is 5.82 Å². The number of hydrogen-bond acceptors (Lipinski definition) is 5. The molecule has 2 aliphatic heterocycles. The second-order valence-corrected chi connectivity index (χ2v) is 6.41. The van der Waals surface area contributed by atoms with Crippen molar-refractivity contribution in [3.8, 4) is 0 Å². The van der Waals surface area contributed by atoms with Crippen molar-refractivity contribution >= 4 is 16.7 Å². The Morgan fingerprint density at radius 1 is 1.35 bits per heavy atom. The lowest BCUT2D eigenvalue weighted by molar-refractivity contribution is 0.160. The minimum absolute atomic E-state index is 0.422. The molecule has 1 spiro atoms. The zero-order chi connectivity index (χ0) is 11.3. The first-order valence-corrected chi connectivity index (χ1v) is 7.28. The summed E-state index contributed by atoms with van der Waals surface area (Å²) in [6.45, 7) is 4.13. The lowest BCUT2D eigenvalue weighted by atomic mass is 9.87. The van der Waals surface area contributed by atoms with E-state index in [2.05, 4.69) is 9.27 Å². The van der Waals surface area contributed by atoms with Crippen molar-refractivity contribution < 1.29 is 4.74 Å². The van der Waals surface area contributed by atoms with Crippen molar-refractivity contribution in [2.45, 2.75) is 31.6 Å². The van der Waals surface area contributed by atoms with Crippen LogP contribution in [0.2, 0.25) is 0 Å². The standard InChI is InChI=1S/C12H17N3OS/c1-2-9(1)10-13-11(17-14-10)15-5-3-12(7-15)4-6-16-8-12/h9H,1-8H2. The highest BCUT2D eigenvalue weighted by Gasteiger charge is 2.42. The van der Waals surface area contributed by atoms with Gasteiger partial charge in [-0.15, -0.1) is 0 Å². The molecule has 0 radical (unpaired) electrons. The molecule has 92 valence electrons. The van der Waals surface area contributed by atoms with E-state index in [1.165, 1.54) is 25.7 Å². The topological polar surface area (TPSA) is 38.2 Å². The van der Waals surface area contributed by atoms with Crippen LogP contribution in [0.3, 0.4) is 0 Å². The largest absolute Gasteiger partial charge is 0.381 e. The molecule has 4 rings (SSSR count). The van der Waals surface area contributed by atoms with Gasteiger partial charge in [-0.1, -0.05) is 0 Å². The van der Waals surface area contributed by atoms with Gasteiger partial charge in [-0.2, -0.15) is 4.37 Å². The van der Waals surface area contributed by atoms with Crippen LogP contribution in [-0.4, -0.2) is 35.7 Å². The van der Waals surface area contributed by atoms with Gasteiger partial charge in [0.05, 0.1) is 6.61 Å². The fraction of sp³-hybridized carbons (Fsp3) is 0.833. The number of aromatic nitrogens is 2. The quantitative estimate of drug-likeness (QED) is 0.806. The molecule has 1 saturated carbocycles. The van der Waals surface area contributed by atoms with Crippen molar-refractivity contribution in [1.82, 2.24) is 9.36 Å². The highest BCUT2D eigenvalue weighted by molar-refractivity contribution is 7.09. The van der Waals surface area contributed by atoms with Gasteiger partial charge in [-0.05, 0) is 25.7 Å². The number of nitrogens with zero attached hydrogens (tertiary/aromatic N) is 3. The molecule has 3 fully saturated rings. The number of ether oxygens (including phenoxy) is 1. The summed E-state index contributed by atoms with van der Waals surface area (Å²) in [5, 5.41) is 1.13. The summed E-state index contributed by atoms with van der Waals surface area (Å²) in [5.74, 6) is 1.76. The summed E-state index contributed by atoms with van der Waals surface area (Å²) in [4.78, 5) is 7.12. The maximum Gasteiger partial charge on any atom is 0.205 e. The lowest BCUT2D eigenvalue weighted by Crippen LogP contribution is -2.27. The zero-order valence-electron chi connectivity index (χ0n) is 9.89. The van der Waals surface area contributed by atoms with E-state index >= 15 is 0 Å². The van der Waals surface area contributed by atoms with Gasteiger partial charge in [0.25, 0.3) is 0 Å². The molecule has 0 N–H and O–H groups in total. The summed E-state index contributed by atoms with van der Waals surface area (Å²) < 4.78 is 10.1. The van der Waals surface area contributed by atoms with E-state index < -0.39 is 0 Å². The first-order valence-electron chi connectivity index (χ1n) is 6.51. The molecule has 1 atom stereocenters. The SMILES string of the molecule is C1CC2(CCN(c3nc(C4CC4)ns3)C2)CO1. The molecule has 0 amide bonds. The Hall–Kier alpha value is -0.680. The zero-order valence-corrected chi connectivity index (χ0v) is 10.7. The van der Waals surface area contributed by atoms with Crippen molar-refractivity contribution in [2.75, 3.05) is 31.2 Å². The van der Waals surface area contributed by atoms with Gasteiger partial charge in [-0.25, -0.2) is 4.98 Å². The molecule has 3 aliphatic rings. The second kappa shape index (κ2) is 3.65. The Balaban J connectivity index is 1.51. The van der Waals surface area contributed by atoms with E-state index in [1.807, 2.05) is 0 Å². The van der Waals surface area contributed by atoms with E-state index in [0.29, 0.717) is 11.3 Å². The monoisotopic (exact) mass is 251 g/mol. The van der Waals surface area contributed by atoms with Crippen LogP contribution >= 0.6 is 11.5 Å². The minimum Gasteiger partial charge on any atom is -0.381 e. The van der Waals surface area contributed by atoms with Crippen LogP contribution in [-0.2, 0) is 4.74 Å². The average molecular weight is 251 g/mol. The van der Waals surface area contributed by atoms with Crippen molar-refractivity contribution in [3.63, 3.8) is 0 Å². The first kappa shape index (κ1) is 10.3. The van der Waals surface area contributed by atoms with Crippen LogP contribution in [0.1, 0.15) is 37.4 Å². The first-order chi connectivity index (χ1) is 8.35. The van der Waals surface area contributed by atoms with Gasteiger partial charge in [0.2, 0.25) is 5.13 Å². The molecule has 5 heteroatoms. The van der Waals surface area contributed by atoms with Crippen LogP contribution in [0.4, 0.5) is 5.13 Å². The maximum atomic E-state index is 5.56. The number of hydrogen-bond donors (Lipinski definition) is 0. The Labute approximate surface area is 105 Å². The summed E-state index contributed by atoms with van der Waals surface area (Å²) >= 11 is 1.58. The van der Waals surface area contributed by atoms with Crippen LogP contribution in [0, 0.1) is 5.41 Å². The Morgan fingerprint density at radius 2 is 2.29 bits per heavy atom. The predicted octanol–water partition coefficient (Wildman–Crippen LogP) is 2.03. The Bertz CT molecular complexity index is 423. The average Bonchev–Trinajstić information content (AvgIpc) is 2.84. The summed E-state index contributed by atoms with van der Waals surface area (Å²) in [7, 11) is 0. The number of rotatable bonds is 2. The molecular weight excluding hydrogens is 234 g/mol. The van der Waals surface area contributed by atoms with Gasteiger partial charge in [0.1, 0.15) is 5.82 Å². The van der Waals surface area contributed by atoms with Crippen LogP contribution in [0.5, 0.6) is 0 Å². The Morgan fingerprint density at radius 3 is 3.06 bits per heavy atom. The highest BCUT2D eigenvalue weighted by atomic mass is 32.1. The van der Waals surface area contributed by atoms with Crippen LogP contribution in [0.25, 0.3) is 0 Å². The third-order valence-corrected chi connectivity index (χ3v) is 5.06. The minimum atomic E-state index is 0.422. The van der Waals surface area contributed by atoms with Crippen molar-refractivity contribution in [2.24, 2.45) is 5.41 Å². The molecule has 2 saturated heterocycles. The van der Waals surface area contributed by atoms with Crippen molar-refractivity contribution in [1.29, 1.82) is 0 Å². The van der Waals surface area contributed by atoms with Gasteiger partial charge in [0, 0.05) is 42.6 Å². The van der Waals surface area contributed by atoms with E-state index in [9.17, 15) is 0 Å². The Kier molecular flexibility index (Phi) is 2.21.